The lowest BCUT2D eigenvalue weighted by Crippen LogP contribution is -1.98. The maximum Gasteiger partial charge on any atom is 0.156 e. The number of halogens is 4. The number of nitrogens with two attached hydrogens (primary N) is 1. The van der Waals surface area contributed by atoms with E-state index >= 15 is 0 Å². The van der Waals surface area contributed by atoms with E-state index in [0.29, 0.717) is 0 Å². The van der Waals surface area contributed by atoms with Crippen molar-refractivity contribution in [2.45, 2.75) is 0 Å². The smallest absolute Gasteiger partial charge is 0.156 e. The summed E-state index contributed by atoms with van der Waals surface area (Å²) in [5.74, 6) is -2.76. The number of rotatable bonds is 1. The molecule has 0 spiro atoms. The Bertz CT molecular complexity index is 584. The molecule has 2 rings (SSSR count). The van der Waals surface area contributed by atoms with Crippen molar-refractivity contribution in [1.29, 1.82) is 0 Å². The van der Waals surface area contributed by atoms with Crippen molar-refractivity contribution in [2.75, 3.05) is 5.73 Å². The molecule has 0 aliphatic carbocycles. The van der Waals surface area contributed by atoms with Crippen molar-refractivity contribution in [2.24, 2.45) is 0 Å². The van der Waals surface area contributed by atoms with Gasteiger partial charge in [0.1, 0.15) is 11.6 Å². The highest BCUT2D eigenvalue weighted by Gasteiger charge is 2.18. The van der Waals surface area contributed by atoms with Gasteiger partial charge in [0, 0.05) is 5.56 Å². The monoisotopic (exact) mass is 257 g/mol. The Kier molecular flexibility index (Phi) is 2.98. The van der Waals surface area contributed by atoms with Gasteiger partial charge in [0.25, 0.3) is 0 Å². The van der Waals surface area contributed by atoms with E-state index in [4.69, 9.17) is 17.3 Å². The molecule has 0 saturated heterocycles. The summed E-state index contributed by atoms with van der Waals surface area (Å²) in [6, 6.07) is 6.00. The molecule has 0 heterocycles. The van der Waals surface area contributed by atoms with E-state index in [-0.39, 0.29) is 16.3 Å². The lowest BCUT2D eigenvalue weighted by Gasteiger charge is -2.09. The van der Waals surface area contributed by atoms with E-state index in [1.54, 1.807) is 0 Å². The molecule has 2 aromatic rings. The van der Waals surface area contributed by atoms with Gasteiger partial charge in [-0.2, -0.15) is 0 Å². The molecule has 0 aliphatic heterocycles. The minimum Gasteiger partial charge on any atom is -0.396 e. The molecule has 0 atom stereocenters. The molecular weight excluding hydrogens is 251 g/mol. The van der Waals surface area contributed by atoms with E-state index in [1.807, 2.05) is 0 Å². The molecule has 0 bridgehead atoms. The molecule has 0 saturated carbocycles. The van der Waals surface area contributed by atoms with Gasteiger partial charge in [-0.25, -0.2) is 13.2 Å². The second-order valence-electron chi connectivity index (χ2n) is 3.43. The maximum absolute atomic E-state index is 13.7. The van der Waals surface area contributed by atoms with Crippen LogP contribution in [0.5, 0.6) is 0 Å². The molecule has 5 heteroatoms. The van der Waals surface area contributed by atoms with E-state index in [2.05, 4.69) is 0 Å². The molecule has 17 heavy (non-hydrogen) atoms. The van der Waals surface area contributed by atoms with Crippen LogP contribution in [0, 0.1) is 17.5 Å². The molecule has 2 N–H and O–H groups in total. The SMILES string of the molecule is Nc1ccc(F)c(-c2cccc(Cl)c2F)c1F. The zero-order valence-corrected chi connectivity index (χ0v) is 9.23. The van der Waals surface area contributed by atoms with Crippen molar-refractivity contribution >= 4 is 17.3 Å². The number of nitrogen functional groups attached to an aromatic ring is 1. The van der Waals surface area contributed by atoms with Crippen LogP contribution < -0.4 is 5.73 Å². The summed E-state index contributed by atoms with van der Waals surface area (Å²) in [7, 11) is 0. The number of hydrogen-bond donors (Lipinski definition) is 1. The standard InChI is InChI=1S/C12H7ClF3N/c13-7-3-1-2-6(11(7)15)10-8(14)4-5-9(17)12(10)16/h1-5H,17H2. The quantitative estimate of drug-likeness (QED) is 0.768. The Morgan fingerprint density at radius 3 is 2.35 bits per heavy atom. The van der Waals surface area contributed by atoms with Gasteiger partial charge in [0.05, 0.1) is 16.3 Å². The Morgan fingerprint density at radius 2 is 1.65 bits per heavy atom. The highest BCUT2D eigenvalue weighted by Crippen LogP contribution is 2.33. The number of hydrogen-bond acceptors (Lipinski definition) is 1. The largest absolute Gasteiger partial charge is 0.396 e. The van der Waals surface area contributed by atoms with Crippen LogP contribution in [0.2, 0.25) is 5.02 Å². The first kappa shape index (κ1) is 11.8. The average molecular weight is 258 g/mol. The normalized spacial score (nSPS) is 10.6. The summed E-state index contributed by atoms with van der Waals surface area (Å²) >= 11 is 5.56. The van der Waals surface area contributed by atoms with Gasteiger partial charge in [0.15, 0.2) is 5.82 Å². The van der Waals surface area contributed by atoms with Crippen molar-refractivity contribution in [1.82, 2.24) is 0 Å². The molecule has 88 valence electrons. The van der Waals surface area contributed by atoms with Crippen molar-refractivity contribution in [3.63, 3.8) is 0 Å². The van der Waals surface area contributed by atoms with Crippen molar-refractivity contribution < 1.29 is 13.2 Å². The van der Waals surface area contributed by atoms with Crippen molar-refractivity contribution in [3.8, 4) is 11.1 Å². The first-order valence-corrected chi connectivity index (χ1v) is 5.08. The van der Waals surface area contributed by atoms with Crippen LogP contribution in [-0.2, 0) is 0 Å². The first-order chi connectivity index (χ1) is 8.02. The molecule has 0 aliphatic rings. The molecule has 0 fully saturated rings. The lowest BCUT2D eigenvalue weighted by atomic mass is 10.0. The van der Waals surface area contributed by atoms with Crippen LogP contribution >= 0.6 is 11.6 Å². The topological polar surface area (TPSA) is 26.0 Å². The molecule has 1 nitrogen and oxygen atoms in total. The third kappa shape index (κ3) is 1.96. The predicted octanol–water partition coefficient (Wildman–Crippen LogP) is 4.01. The lowest BCUT2D eigenvalue weighted by molar-refractivity contribution is 0.584. The van der Waals surface area contributed by atoms with Gasteiger partial charge in [0.2, 0.25) is 0 Å². The molecule has 0 aromatic heterocycles. The van der Waals surface area contributed by atoms with Crippen LogP contribution in [0.3, 0.4) is 0 Å². The highest BCUT2D eigenvalue weighted by molar-refractivity contribution is 6.31. The van der Waals surface area contributed by atoms with Gasteiger partial charge in [-0.05, 0) is 18.2 Å². The summed E-state index contributed by atoms with van der Waals surface area (Å²) in [5, 5.41) is -0.205. The second-order valence-corrected chi connectivity index (χ2v) is 3.83. The molecule has 0 unspecified atom stereocenters. The van der Waals surface area contributed by atoms with Crippen LogP contribution in [0.25, 0.3) is 11.1 Å². The van der Waals surface area contributed by atoms with Crippen LogP contribution in [0.4, 0.5) is 18.9 Å². The average Bonchev–Trinajstić information content (AvgIpc) is 2.30. The van der Waals surface area contributed by atoms with Gasteiger partial charge in [-0.15, -0.1) is 0 Å². The minimum absolute atomic E-state index is 0.205. The molecule has 2 aromatic carbocycles. The summed E-state index contributed by atoms with van der Waals surface area (Å²) in [5.41, 5.74) is 4.31. The van der Waals surface area contributed by atoms with Crippen LogP contribution in [-0.4, -0.2) is 0 Å². The fourth-order valence-corrected chi connectivity index (χ4v) is 1.69. The Balaban J connectivity index is 2.77. The fourth-order valence-electron chi connectivity index (χ4n) is 1.51. The summed E-state index contributed by atoms with van der Waals surface area (Å²) in [6.07, 6.45) is 0. The van der Waals surface area contributed by atoms with E-state index in [0.717, 1.165) is 12.1 Å². The van der Waals surface area contributed by atoms with Gasteiger partial charge in [-0.1, -0.05) is 23.7 Å². The summed E-state index contributed by atoms with van der Waals surface area (Å²) in [4.78, 5) is 0. The minimum atomic E-state index is -0.994. The number of anilines is 1. The van der Waals surface area contributed by atoms with Gasteiger partial charge < -0.3 is 5.73 Å². The summed E-state index contributed by atoms with van der Waals surface area (Å²) in [6.45, 7) is 0. The molecule has 0 radical (unpaired) electrons. The summed E-state index contributed by atoms with van der Waals surface area (Å²) < 4.78 is 40.9. The maximum atomic E-state index is 13.7. The highest BCUT2D eigenvalue weighted by atomic mass is 35.5. The zero-order chi connectivity index (χ0) is 12.6. The third-order valence-electron chi connectivity index (χ3n) is 2.34. The third-order valence-corrected chi connectivity index (χ3v) is 2.63. The zero-order valence-electron chi connectivity index (χ0n) is 8.48. The van der Waals surface area contributed by atoms with E-state index in [1.165, 1.54) is 18.2 Å². The van der Waals surface area contributed by atoms with Gasteiger partial charge in [-0.3, -0.25) is 0 Å². The number of benzene rings is 2. The Morgan fingerprint density at radius 1 is 0.941 bits per heavy atom. The van der Waals surface area contributed by atoms with Crippen LogP contribution in [0.15, 0.2) is 30.3 Å². The first-order valence-electron chi connectivity index (χ1n) is 4.70. The van der Waals surface area contributed by atoms with E-state index < -0.39 is 23.0 Å². The second kappa shape index (κ2) is 4.30. The Hall–Kier alpha value is -1.68. The van der Waals surface area contributed by atoms with Crippen LogP contribution in [0.1, 0.15) is 0 Å². The van der Waals surface area contributed by atoms with Gasteiger partial charge >= 0.3 is 0 Å². The molecule has 0 amide bonds. The fraction of sp³-hybridized carbons (Fsp3) is 0. The Labute approximate surface area is 101 Å². The molecular formula is C12H7ClF3N. The van der Waals surface area contributed by atoms with E-state index in [9.17, 15) is 13.2 Å². The van der Waals surface area contributed by atoms with Crippen molar-refractivity contribution in [3.05, 3.63) is 52.8 Å². The predicted molar refractivity (Wildman–Crippen MR) is 61.2 cm³/mol.